The molecule has 96 valence electrons. The van der Waals surface area contributed by atoms with Gasteiger partial charge in [-0.05, 0) is 35.9 Å². The number of halogens is 2. The third-order valence-electron chi connectivity index (χ3n) is 2.73. The van der Waals surface area contributed by atoms with Crippen molar-refractivity contribution in [3.05, 3.63) is 58.3 Å². The molecule has 0 aliphatic carbocycles. The van der Waals surface area contributed by atoms with E-state index >= 15 is 0 Å². The SMILES string of the molecule is Fc1ccc(Br)c(CNc2nc3ccccc3o2)c1. The van der Waals surface area contributed by atoms with Gasteiger partial charge in [-0.25, -0.2) is 4.39 Å². The zero-order chi connectivity index (χ0) is 13.2. The Kier molecular flexibility index (Phi) is 3.21. The summed E-state index contributed by atoms with van der Waals surface area (Å²) in [5.74, 6) is -0.266. The van der Waals surface area contributed by atoms with Gasteiger partial charge in [0.25, 0.3) is 6.01 Å². The maximum atomic E-state index is 13.2. The summed E-state index contributed by atoms with van der Waals surface area (Å²) in [7, 11) is 0. The first-order chi connectivity index (χ1) is 9.22. The first-order valence-electron chi connectivity index (χ1n) is 5.76. The minimum atomic E-state index is -0.266. The Labute approximate surface area is 117 Å². The van der Waals surface area contributed by atoms with E-state index in [4.69, 9.17) is 4.42 Å². The van der Waals surface area contributed by atoms with E-state index in [1.807, 2.05) is 24.3 Å². The fourth-order valence-electron chi connectivity index (χ4n) is 1.80. The topological polar surface area (TPSA) is 38.1 Å². The minimum absolute atomic E-state index is 0.266. The average molecular weight is 321 g/mol. The Morgan fingerprint density at radius 1 is 1.21 bits per heavy atom. The second kappa shape index (κ2) is 5.01. The molecule has 1 N–H and O–H groups in total. The van der Waals surface area contributed by atoms with E-state index < -0.39 is 0 Å². The Hall–Kier alpha value is -1.88. The van der Waals surface area contributed by atoms with Crippen LogP contribution in [0.2, 0.25) is 0 Å². The van der Waals surface area contributed by atoms with Crippen molar-refractivity contribution < 1.29 is 8.81 Å². The smallest absolute Gasteiger partial charge is 0.295 e. The van der Waals surface area contributed by atoms with Gasteiger partial charge in [0.1, 0.15) is 11.3 Å². The minimum Gasteiger partial charge on any atom is -0.424 e. The van der Waals surface area contributed by atoms with Crippen LogP contribution in [-0.4, -0.2) is 4.98 Å². The van der Waals surface area contributed by atoms with Gasteiger partial charge < -0.3 is 9.73 Å². The molecule has 1 heterocycles. The molecule has 0 bridgehead atoms. The third kappa shape index (κ3) is 2.61. The van der Waals surface area contributed by atoms with Crippen molar-refractivity contribution in [3.63, 3.8) is 0 Å². The van der Waals surface area contributed by atoms with E-state index in [9.17, 15) is 4.39 Å². The van der Waals surface area contributed by atoms with Gasteiger partial charge in [-0.2, -0.15) is 4.98 Å². The molecule has 0 aliphatic rings. The predicted octanol–water partition coefficient (Wildman–Crippen LogP) is 4.34. The predicted molar refractivity (Wildman–Crippen MR) is 75.4 cm³/mol. The van der Waals surface area contributed by atoms with Gasteiger partial charge in [0.15, 0.2) is 5.58 Å². The number of rotatable bonds is 3. The zero-order valence-corrected chi connectivity index (χ0v) is 11.4. The molecule has 3 nitrogen and oxygen atoms in total. The fourth-order valence-corrected chi connectivity index (χ4v) is 2.18. The average Bonchev–Trinajstić information content (AvgIpc) is 2.82. The molecule has 0 fully saturated rings. The molecule has 2 aromatic carbocycles. The molecule has 1 aromatic heterocycles. The standard InChI is InChI=1S/C14H10BrFN2O/c15-11-6-5-10(16)7-9(11)8-17-14-18-12-3-1-2-4-13(12)19-14/h1-7H,8H2,(H,17,18). The third-order valence-corrected chi connectivity index (χ3v) is 3.51. The molecule has 0 spiro atoms. The number of anilines is 1. The molecule has 0 amide bonds. The Morgan fingerprint density at radius 2 is 2.05 bits per heavy atom. The quantitative estimate of drug-likeness (QED) is 0.780. The van der Waals surface area contributed by atoms with Crippen molar-refractivity contribution in [2.45, 2.75) is 6.54 Å². The molecule has 0 unspecified atom stereocenters. The molecular formula is C14H10BrFN2O. The summed E-state index contributed by atoms with van der Waals surface area (Å²) in [5, 5.41) is 3.04. The van der Waals surface area contributed by atoms with Gasteiger partial charge >= 0.3 is 0 Å². The highest BCUT2D eigenvalue weighted by atomic mass is 79.9. The summed E-state index contributed by atoms with van der Waals surface area (Å²) in [6.45, 7) is 0.436. The molecule has 5 heteroatoms. The number of nitrogens with one attached hydrogen (secondary N) is 1. The summed E-state index contributed by atoms with van der Waals surface area (Å²) < 4.78 is 19.5. The second-order valence-electron chi connectivity index (χ2n) is 4.08. The molecule has 0 radical (unpaired) electrons. The monoisotopic (exact) mass is 320 g/mol. The van der Waals surface area contributed by atoms with E-state index in [1.54, 1.807) is 6.07 Å². The first-order valence-corrected chi connectivity index (χ1v) is 6.55. The van der Waals surface area contributed by atoms with Crippen molar-refractivity contribution >= 4 is 33.0 Å². The van der Waals surface area contributed by atoms with E-state index in [0.29, 0.717) is 12.6 Å². The molecular weight excluding hydrogens is 311 g/mol. The highest BCUT2D eigenvalue weighted by Gasteiger charge is 2.06. The maximum absolute atomic E-state index is 13.2. The molecule has 0 saturated heterocycles. The van der Waals surface area contributed by atoms with Crippen LogP contribution in [0.25, 0.3) is 11.1 Å². The maximum Gasteiger partial charge on any atom is 0.295 e. The van der Waals surface area contributed by atoms with Crippen LogP contribution >= 0.6 is 15.9 Å². The van der Waals surface area contributed by atoms with Crippen molar-refractivity contribution in [2.75, 3.05) is 5.32 Å². The van der Waals surface area contributed by atoms with Gasteiger partial charge in [0, 0.05) is 11.0 Å². The molecule has 0 aliphatic heterocycles. The van der Waals surface area contributed by atoms with E-state index in [1.165, 1.54) is 12.1 Å². The van der Waals surface area contributed by atoms with Crippen LogP contribution in [0.5, 0.6) is 0 Å². The summed E-state index contributed by atoms with van der Waals surface area (Å²) in [5.41, 5.74) is 2.33. The van der Waals surface area contributed by atoms with Gasteiger partial charge in [0.05, 0.1) is 0 Å². The van der Waals surface area contributed by atoms with Crippen LogP contribution in [-0.2, 0) is 6.54 Å². The number of hydrogen-bond donors (Lipinski definition) is 1. The molecule has 3 rings (SSSR count). The number of fused-ring (bicyclic) bond motifs is 1. The van der Waals surface area contributed by atoms with Crippen LogP contribution in [0.1, 0.15) is 5.56 Å². The Morgan fingerprint density at radius 3 is 2.89 bits per heavy atom. The van der Waals surface area contributed by atoms with Crippen LogP contribution in [0.3, 0.4) is 0 Å². The number of hydrogen-bond acceptors (Lipinski definition) is 3. The van der Waals surface area contributed by atoms with Crippen molar-refractivity contribution in [1.29, 1.82) is 0 Å². The van der Waals surface area contributed by atoms with Crippen molar-refractivity contribution in [2.24, 2.45) is 0 Å². The van der Waals surface area contributed by atoms with Crippen LogP contribution < -0.4 is 5.32 Å². The van der Waals surface area contributed by atoms with Crippen LogP contribution in [0.4, 0.5) is 10.4 Å². The lowest BCUT2D eigenvalue weighted by atomic mass is 10.2. The molecule has 3 aromatic rings. The van der Waals surface area contributed by atoms with E-state index in [0.717, 1.165) is 21.1 Å². The van der Waals surface area contributed by atoms with Crippen LogP contribution in [0.15, 0.2) is 51.4 Å². The van der Waals surface area contributed by atoms with Gasteiger partial charge in [0.2, 0.25) is 0 Å². The first kappa shape index (κ1) is 12.2. The number of aromatic nitrogens is 1. The number of benzene rings is 2. The number of para-hydroxylation sites is 2. The Balaban J connectivity index is 1.80. The highest BCUT2D eigenvalue weighted by molar-refractivity contribution is 9.10. The zero-order valence-electron chi connectivity index (χ0n) is 9.86. The van der Waals surface area contributed by atoms with Crippen molar-refractivity contribution in [3.8, 4) is 0 Å². The number of oxazole rings is 1. The summed E-state index contributed by atoms with van der Waals surface area (Å²) in [6, 6.07) is 12.5. The van der Waals surface area contributed by atoms with Crippen molar-refractivity contribution in [1.82, 2.24) is 4.98 Å². The molecule has 0 atom stereocenters. The summed E-state index contributed by atoms with van der Waals surface area (Å²) in [6.07, 6.45) is 0. The molecule has 0 saturated carbocycles. The second-order valence-corrected chi connectivity index (χ2v) is 4.93. The van der Waals surface area contributed by atoms with Gasteiger partial charge in [-0.3, -0.25) is 0 Å². The lowest BCUT2D eigenvalue weighted by Gasteiger charge is -2.04. The molecule has 19 heavy (non-hydrogen) atoms. The normalized spacial score (nSPS) is 10.8. The largest absolute Gasteiger partial charge is 0.424 e. The highest BCUT2D eigenvalue weighted by Crippen LogP contribution is 2.21. The van der Waals surface area contributed by atoms with Crippen LogP contribution in [0, 0.1) is 5.82 Å². The summed E-state index contributed by atoms with van der Waals surface area (Å²) in [4.78, 5) is 4.29. The number of nitrogens with zero attached hydrogens (tertiary/aromatic N) is 1. The lowest BCUT2D eigenvalue weighted by Crippen LogP contribution is -2.00. The van der Waals surface area contributed by atoms with Gasteiger partial charge in [-0.15, -0.1) is 0 Å². The van der Waals surface area contributed by atoms with E-state index in [2.05, 4.69) is 26.2 Å². The van der Waals surface area contributed by atoms with E-state index in [-0.39, 0.29) is 5.82 Å². The Bertz CT molecular complexity index is 693. The summed E-state index contributed by atoms with van der Waals surface area (Å²) >= 11 is 3.38. The van der Waals surface area contributed by atoms with Gasteiger partial charge in [-0.1, -0.05) is 28.1 Å². The lowest BCUT2D eigenvalue weighted by molar-refractivity contribution is 0.611. The fraction of sp³-hybridized carbons (Fsp3) is 0.0714.